The summed E-state index contributed by atoms with van der Waals surface area (Å²) in [6.45, 7) is 1.27. The van der Waals surface area contributed by atoms with Crippen molar-refractivity contribution in [2.45, 2.75) is 0 Å². The molecule has 0 atom stereocenters. The van der Waals surface area contributed by atoms with Crippen LogP contribution in [0.2, 0.25) is 0 Å². The second kappa shape index (κ2) is 7.19. The van der Waals surface area contributed by atoms with Crippen molar-refractivity contribution in [2.75, 3.05) is 25.6 Å². The number of fused-ring (bicyclic) bond motifs is 1. The number of aromatic nitrogens is 1. The van der Waals surface area contributed by atoms with Gasteiger partial charge in [0.15, 0.2) is 5.43 Å². The van der Waals surface area contributed by atoms with Gasteiger partial charge < -0.3 is 19.4 Å². The molecule has 0 saturated carbocycles. The molecule has 1 aliphatic rings. The second-order valence-electron chi connectivity index (χ2n) is 6.26. The Morgan fingerprint density at radius 1 is 1.18 bits per heavy atom. The fourth-order valence-electron chi connectivity index (χ4n) is 3.13. The molecule has 0 aliphatic carbocycles. The number of benzene rings is 2. The first-order valence-corrected chi connectivity index (χ1v) is 8.69. The number of anilines is 1. The van der Waals surface area contributed by atoms with E-state index in [1.165, 1.54) is 31.5 Å². The van der Waals surface area contributed by atoms with Gasteiger partial charge in [0.2, 0.25) is 0 Å². The van der Waals surface area contributed by atoms with Crippen LogP contribution >= 0.6 is 0 Å². The van der Waals surface area contributed by atoms with E-state index < -0.39 is 11.4 Å². The number of methoxy groups -OCH3 is 1. The van der Waals surface area contributed by atoms with Gasteiger partial charge in [0.1, 0.15) is 23.7 Å². The summed E-state index contributed by atoms with van der Waals surface area (Å²) in [5, 5.41) is 3.24. The summed E-state index contributed by atoms with van der Waals surface area (Å²) in [5.74, 6) is -0.433. The van der Waals surface area contributed by atoms with Crippen molar-refractivity contribution in [1.29, 1.82) is 0 Å². The van der Waals surface area contributed by atoms with Crippen molar-refractivity contribution in [3.05, 3.63) is 76.3 Å². The number of esters is 1. The highest BCUT2D eigenvalue weighted by atomic mass is 19.1. The number of nitrogens with one attached hydrogen (secondary N) is 1. The summed E-state index contributed by atoms with van der Waals surface area (Å²) < 4.78 is 25.4. The third-order valence-corrected chi connectivity index (χ3v) is 4.51. The summed E-state index contributed by atoms with van der Waals surface area (Å²) in [5.41, 5.74) is 2.17. The molecule has 1 aromatic heterocycles. The predicted molar refractivity (Wildman–Crippen MR) is 103 cm³/mol. The molecule has 2 heterocycles. The first-order valence-electron chi connectivity index (χ1n) is 8.69. The third-order valence-electron chi connectivity index (χ3n) is 4.51. The lowest BCUT2D eigenvalue weighted by Crippen LogP contribution is -2.20. The highest BCUT2D eigenvalue weighted by molar-refractivity contribution is 5.89. The molecule has 0 amide bonds. The number of halogens is 1. The number of rotatable bonds is 3. The quantitative estimate of drug-likeness (QED) is 0.707. The number of nitrogens with zero attached hydrogens (tertiary/aromatic N) is 1. The minimum atomic E-state index is -0.731. The average molecular weight is 380 g/mol. The summed E-state index contributed by atoms with van der Waals surface area (Å²) in [6.07, 6.45) is 1.41. The van der Waals surface area contributed by atoms with Gasteiger partial charge in [-0.25, -0.2) is 9.18 Å². The highest BCUT2D eigenvalue weighted by Crippen LogP contribution is 2.33. The third kappa shape index (κ3) is 3.22. The zero-order chi connectivity index (χ0) is 19.7. The van der Waals surface area contributed by atoms with E-state index in [4.69, 9.17) is 9.47 Å². The van der Waals surface area contributed by atoms with E-state index in [1.807, 2.05) is 18.2 Å². The van der Waals surface area contributed by atoms with E-state index in [-0.39, 0.29) is 11.4 Å². The monoisotopic (exact) mass is 380 g/mol. The molecule has 0 saturated heterocycles. The Morgan fingerprint density at radius 2 is 1.96 bits per heavy atom. The molecule has 1 N–H and O–H groups in total. The molecule has 142 valence electrons. The van der Waals surface area contributed by atoms with Crippen LogP contribution in [0.25, 0.3) is 16.9 Å². The van der Waals surface area contributed by atoms with Crippen molar-refractivity contribution in [3.63, 3.8) is 0 Å². The Balaban J connectivity index is 1.93. The van der Waals surface area contributed by atoms with Gasteiger partial charge in [-0.3, -0.25) is 4.79 Å². The van der Waals surface area contributed by atoms with Crippen molar-refractivity contribution >= 4 is 11.7 Å². The number of hydrogen-bond acceptors (Lipinski definition) is 5. The highest BCUT2D eigenvalue weighted by Gasteiger charge is 2.18. The van der Waals surface area contributed by atoms with Gasteiger partial charge in [-0.1, -0.05) is 6.07 Å². The van der Waals surface area contributed by atoms with E-state index in [9.17, 15) is 14.0 Å². The first-order chi connectivity index (χ1) is 13.6. The Labute approximate surface area is 160 Å². The van der Waals surface area contributed by atoms with Crippen LogP contribution in [-0.2, 0) is 4.74 Å². The van der Waals surface area contributed by atoms with Crippen LogP contribution in [0, 0.1) is 5.82 Å². The van der Waals surface area contributed by atoms with Gasteiger partial charge in [-0.2, -0.15) is 0 Å². The summed E-state index contributed by atoms with van der Waals surface area (Å²) >= 11 is 0. The standard InChI is InChI=1S/C21H17FN2O4/c1-27-21(26)16-12-24(15-5-3-14(22)4-6-15)18(11-19(16)25)13-2-7-17-20(10-13)28-9-8-23-17/h2-7,10-12,23H,8-9H2,1H3. The van der Waals surface area contributed by atoms with Crippen LogP contribution in [0.3, 0.4) is 0 Å². The maximum atomic E-state index is 13.4. The normalized spacial score (nSPS) is 12.5. The van der Waals surface area contributed by atoms with E-state index >= 15 is 0 Å². The summed E-state index contributed by atoms with van der Waals surface area (Å²) in [4.78, 5) is 24.5. The van der Waals surface area contributed by atoms with E-state index in [1.54, 1.807) is 16.7 Å². The molecule has 0 radical (unpaired) electrons. The Morgan fingerprint density at radius 3 is 2.71 bits per heavy atom. The molecule has 1 aliphatic heterocycles. The minimum absolute atomic E-state index is 0.105. The van der Waals surface area contributed by atoms with Gasteiger partial charge in [0.05, 0.1) is 18.5 Å². The van der Waals surface area contributed by atoms with Crippen LogP contribution in [0.5, 0.6) is 5.75 Å². The molecule has 7 heteroatoms. The van der Waals surface area contributed by atoms with Crippen LogP contribution in [0.15, 0.2) is 59.5 Å². The smallest absolute Gasteiger partial charge is 0.343 e. The van der Waals surface area contributed by atoms with Crippen molar-refractivity contribution in [3.8, 4) is 22.7 Å². The fraction of sp³-hybridized carbons (Fsp3) is 0.143. The maximum Gasteiger partial charge on any atom is 0.343 e. The van der Waals surface area contributed by atoms with E-state index in [0.29, 0.717) is 23.7 Å². The lowest BCUT2D eigenvalue weighted by Gasteiger charge is -2.21. The zero-order valence-electron chi connectivity index (χ0n) is 15.1. The van der Waals surface area contributed by atoms with Crippen LogP contribution in [0.1, 0.15) is 10.4 Å². The van der Waals surface area contributed by atoms with Gasteiger partial charge in [-0.05, 0) is 36.4 Å². The molecule has 0 fully saturated rings. The minimum Gasteiger partial charge on any atom is -0.490 e. The van der Waals surface area contributed by atoms with Crippen LogP contribution < -0.4 is 15.5 Å². The number of carbonyl (C=O) groups excluding carboxylic acids is 1. The van der Waals surface area contributed by atoms with Gasteiger partial charge in [0.25, 0.3) is 0 Å². The number of hydrogen-bond donors (Lipinski definition) is 1. The van der Waals surface area contributed by atoms with Gasteiger partial charge in [0, 0.05) is 30.1 Å². The Hall–Kier alpha value is -3.61. The molecule has 3 aromatic rings. The van der Waals surface area contributed by atoms with Crippen LogP contribution in [-0.4, -0.2) is 30.8 Å². The van der Waals surface area contributed by atoms with E-state index in [0.717, 1.165) is 17.8 Å². The lowest BCUT2D eigenvalue weighted by atomic mass is 10.1. The molecule has 4 rings (SSSR count). The molecule has 6 nitrogen and oxygen atoms in total. The largest absolute Gasteiger partial charge is 0.490 e. The number of ether oxygens (including phenoxy) is 2. The topological polar surface area (TPSA) is 69.6 Å². The number of carbonyl (C=O) groups is 1. The molecule has 0 unspecified atom stereocenters. The molecule has 2 aromatic carbocycles. The second-order valence-corrected chi connectivity index (χ2v) is 6.26. The lowest BCUT2D eigenvalue weighted by molar-refractivity contribution is 0.0598. The molecular formula is C21H17FN2O4. The zero-order valence-corrected chi connectivity index (χ0v) is 15.1. The van der Waals surface area contributed by atoms with Gasteiger partial charge >= 0.3 is 5.97 Å². The molecule has 0 spiro atoms. The van der Waals surface area contributed by atoms with Crippen molar-refractivity contribution in [2.24, 2.45) is 0 Å². The van der Waals surface area contributed by atoms with Gasteiger partial charge in [-0.15, -0.1) is 0 Å². The average Bonchev–Trinajstić information content (AvgIpc) is 2.73. The fourth-order valence-corrected chi connectivity index (χ4v) is 3.13. The molecule has 28 heavy (non-hydrogen) atoms. The van der Waals surface area contributed by atoms with E-state index in [2.05, 4.69) is 5.32 Å². The van der Waals surface area contributed by atoms with Crippen molar-refractivity contribution < 1.29 is 18.7 Å². The maximum absolute atomic E-state index is 13.4. The first kappa shape index (κ1) is 17.8. The predicted octanol–water partition coefficient (Wildman–Crippen LogP) is 3.23. The van der Waals surface area contributed by atoms with Crippen LogP contribution in [0.4, 0.5) is 10.1 Å². The Kier molecular flexibility index (Phi) is 4.57. The molecule has 0 bridgehead atoms. The van der Waals surface area contributed by atoms with Crippen molar-refractivity contribution in [1.82, 2.24) is 4.57 Å². The SMILES string of the molecule is COC(=O)c1cn(-c2ccc(F)cc2)c(-c2ccc3c(c2)OCCN3)cc1=O. The molecular weight excluding hydrogens is 363 g/mol. The Bertz CT molecular complexity index is 1110. The summed E-state index contributed by atoms with van der Waals surface area (Å²) in [7, 11) is 1.21. The number of pyridine rings is 1. The summed E-state index contributed by atoms with van der Waals surface area (Å²) in [6, 6.07) is 12.7.